The predicted molar refractivity (Wildman–Crippen MR) is 74.3 cm³/mol. The predicted octanol–water partition coefficient (Wildman–Crippen LogP) is 4.40. The molecule has 0 saturated heterocycles. The molecule has 0 aliphatic heterocycles. The minimum Gasteiger partial charge on any atom is -0.310 e. The van der Waals surface area contributed by atoms with Crippen LogP contribution in [0.5, 0.6) is 0 Å². The number of halogens is 1. The molecule has 2 heteroatoms. The summed E-state index contributed by atoms with van der Waals surface area (Å²) in [5, 5.41) is 4.48. The van der Waals surface area contributed by atoms with E-state index in [1.54, 1.807) is 0 Å². The molecule has 17 heavy (non-hydrogen) atoms. The fourth-order valence-corrected chi connectivity index (χ4v) is 2.77. The summed E-state index contributed by atoms with van der Waals surface area (Å²) in [6.45, 7) is 3.28. The molecule has 1 N–H and O–H groups in total. The van der Waals surface area contributed by atoms with Crippen molar-refractivity contribution in [1.29, 1.82) is 0 Å². The smallest absolute Gasteiger partial charge is 0.0406 e. The molecule has 0 bridgehead atoms. The van der Waals surface area contributed by atoms with Crippen LogP contribution in [0.2, 0.25) is 5.02 Å². The van der Waals surface area contributed by atoms with Gasteiger partial charge < -0.3 is 5.32 Å². The van der Waals surface area contributed by atoms with E-state index in [9.17, 15) is 0 Å². The summed E-state index contributed by atoms with van der Waals surface area (Å²) in [5.41, 5.74) is 1.33. The maximum atomic E-state index is 5.87. The minimum absolute atomic E-state index is 0.716. The Balaban J connectivity index is 1.74. The van der Waals surface area contributed by atoms with Crippen molar-refractivity contribution in [2.24, 2.45) is 5.92 Å². The molecule has 1 aromatic carbocycles. The van der Waals surface area contributed by atoms with E-state index in [-0.39, 0.29) is 0 Å². The minimum atomic E-state index is 0.716. The molecule has 94 valence electrons. The Hall–Kier alpha value is -0.530. The molecule has 0 spiro atoms. The first-order valence-electron chi connectivity index (χ1n) is 6.75. The summed E-state index contributed by atoms with van der Waals surface area (Å²) in [5.74, 6) is 0.976. The van der Waals surface area contributed by atoms with Crippen LogP contribution < -0.4 is 5.32 Å². The van der Waals surface area contributed by atoms with Crippen molar-refractivity contribution in [1.82, 2.24) is 5.32 Å². The summed E-state index contributed by atoms with van der Waals surface area (Å²) in [7, 11) is 0. The molecule has 0 radical (unpaired) electrons. The highest BCUT2D eigenvalue weighted by Crippen LogP contribution is 2.26. The SMILES string of the molecule is CCC1CCC(NCc2ccc(Cl)cc2)CC1. The second-order valence-electron chi connectivity index (χ2n) is 5.13. The Bertz CT molecular complexity index is 325. The first-order chi connectivity index (χ1) is 8.28. The Kier molecular flexibility index (Phi) is 4.87. The van der Waals surface area contributed by atoms with Gasteiger partial charge in [0.25, 0.3) is 0 Å². The van der Waals surface area contributed by atoms with Crippen molar-refractivity contribution in [2.45, 2.75) is 51.6 Å². The van der Waals surface area contributed by atoms with E-state index >= 15 is 0 Å². The Morgan fingerprint density at radius 3 is 2.35 bits per heavy atom. The normalized spacial score (nSPS) is 24.8. The van der Waals surface area contributed by atoms with Crippen molar-refractivity contribution in [2.75, 3.05) is 0 Å². The van der Waals surface area contributed by atoms with Gasteiger partial charge in [0.15, 0.2) is 0 Å². The molecule has 1 aliphatic rings. The summed E-state index contributed by atoms with van der Waals surface area (Å²) < 4.78 is 0. The fraction of sp³-hybridized carbons (Fsp3) is 0.600. The van der Waals surface area contributed by atoms with Crippen LogP contribution >= 0.6 is 11.6 Å². The van der Waals surface area contributed by atoms with Crippen molar-refractivity contribution in [3.8, 4) is 0 Å². The van der Waals surface area contributed by atoms with Crippen molar-refractivity contribution in [3.05, 3.63) is 34.9 Å². The van der Waals surface area contributed by atoms with Crippen molar-refractivity contribution >= 4 is 11.6 Å². The first kappa shape index (κ1) is 12.9. The molecule has 0 amide bonds. The Morgan fingerprint density at radius 1 is 1.12 bits per heavy atom. The maximum Gasteiger partial charge on any atom is 0.0406 e. The van der Waals surface area contributed by atoms with Gasteiger partial charge in [-0.05, 0) is 49.3 Å². The van der Waals surface area contributed by atoms with Gasteiger partial charge in [0.05, 0.1) is 0 Å². The lowest BCUT2D eigenvalue weighted by molar-refractivity contribution is 0.285. The van der Waals surface area contributed by atoms with Gasteiger partial charge in [0.2, 0.25) is 0 Å². The van der Waals surface area contributed by atoms with Crippen molar-refractivity contribution < 1.29 is 0 Å². The zero-order valence-corrected chi connectivity index (χ0v) is 11.3. The standard InChI is InChI=1S/C15H22ClN/c1-2-12-5-9-15(10-6-12)17-11-13-3-7-14(16)8-4-13/h3-4,7-8,12,15,17H,2,5-6,9-11H2,1H3. The van der Waals surface area contributed by atoms with Gasteiger partial charge in [-0.2, -0.15) is 0 Å². The fourth-order valence-electron chi connectivity index (χ4n) is 2.64. The molecule has 1 aliphatic carbocycles. The second-order valence-corrected chi connectivity index (χ2v) is 5.57. The second kappa shape index (κ2) is 6.42. The summed E-state index contributed by atoms with van der Waals surface area (Å²) >= 11 is 5.87. The first-order valence-corrected chi connectivity index (χ1v) is 7.13. The van der Waals surface area contributed by atoms with Crippen molar-refractivity contribution in [3.63, 3.8) is 0 Å². The molecule has 2 rings (SSSR count). The molecule has 1 saturated carbocycles. The average molecular weight is 252 g/mol. The Labute approximate surface area is 110 Å². The lowest BCUT2D eigenvalue weighted by atomic mass is 9.84. The van der Waals surface area contributed by atoms with Gasteiger partial charge in [-0.1, -0.05) is 37.1 Å². The van der Waals surface area contributed by atoms with E-state index in [1.807, 2.05) is 12.1 Å². The third kappa shape index (κ3) is 4.01. The van der Waals surface area contributed by atoms with Gasteiger partial charge in [0, 0.05) is 17.6 Å². The van der Waals surface area contributed by atoms with Gasteiger partial charge in [0.1, 0.15) is 0 Å². The van der Waals surface area contributed by atoms with Crippen LogP contribution in [-0.4, -0.2) is 6.04 Å². The lowest BCUT2D eigenvalue weighted by Gasteiger charge is -2.28. The highest BCUT2D eigenvalue weighted by atomic mass is 35.5. The molecule has 1 fully saturated rings. The zero-order valence-electron chi connectivity index (χ0n) is 10.6. The molecular weight excluding hydrogens is 230 g/mol. The third-order valence-corrected chi connectivity index (χ3v) is 4.18. The topological polar surface area (TPSA) is 12.0 Å². The third-order valence-electron chi connectivity index (χ3n) is 3.93. The molecule has 0 aromatic heterocycles. The monoisotopic (exact) mass is 251 g/mol. The largest absolute Gasteiger partial charge is 0.310 e. The quantitative estimate of drug-likeness (QED) is 0.837. The van der Waals surface area contributed by atoms with E-state index in [2.05, 4.69) is 24.4 Å². The number of nitrogens with one attached hydrogen (secondary N) is 1. The Morgan fingerprint density at radius 2 is 1.76 bits per heavy atom. The van der Waals surface area contributed by atoms with Gasteiger partial charge in [-0.25, -0.2) is 0 Å². The molecular formula is C15H22ClN. The van der Waals surface area contributed by atoms with Crippen LogP contribution in [0.1, 0.15) is 44.6 Å². The van der Waals surface area contributed by atoms with Crippen LogP contribution in [0.25, 0.3) is 0 Å². The van der Waals surface area contributed by atoms with Gasteiger partial charge in [-0.3, -0.25) is 0 Å². The van der Waals surface area contributed by atoms with Crippen LogP contribution in [0.15, 0.2) is 24.3 Å². The summed E-state index contributed by atoms with van der Waals surface area (Å²) in [6.07, 6.45) is 6.83. The summed E-state index contributed by atoms with van der Waals surface area (Å²) in [6, 6.07) is 8.85. The number of hydrogen-bond acceptors (Lipinski definition) is 1. The van der Waals surface area contributed by atoms with Crippen LogP contribution in [0.4, 0.5) is 0 Å². The zero-order chi connectivity index (χ0) is 12.1. The number of hydrogen-bond donors (Lipinski definition) is 1. The van der Waals surface area contributed by atoms with Crippen LogP contribution in [-0.2, 0) is 6.54 Å². The van der Waals surface area contributed by atoms with E-state index in [1.165, 1.54) is 37.7 Å². The molecule has 0 unspecified atom stereocenters. The van der Waals surface area contributed by atoms with E-state index in [0.29, 0.717) is 6.04 Å². The number of benzene rings is 1. The van der Waals surface area contributed by atoms with Crippen LogP contribution in [0, 0.1) is 5.92 Å². The average Bonchev–Trinajstić information content (AvgIpc) is 2.39. The van der Waals surface area contributed by atoms with E-state index in [0.717, 1.165) is 17.5 Å². The summed E-state index contributed by atoms with van der Waals surface area (Å²) in [4.78, 5) is 0. The van der Waals surface area contributed by atoms with Crippen LogP contribution in [0.3, 0.4) is 0 Å². The molecule has 1 aromatic rings. The molecule has 1 nitrogen and oxygen atoms in total. The maximum absolute atomic E-state index is 5.87. The van der Waals surface area contributed by atoms with Gasteiger partial charge in [-0.15, -0.1) is 0 Å². The van der Waals surface area contributed by atoms with E-state index < -0.39 is 0 Å². The molecule has 0 heterocycles. The highest BCUT2D eigenvalue weighted by Gasteiger charge is 2.19. The highest BCUT2D eigenvalue weighted by molar-refractivity contribution is 6.30. The molecule has 0 atom stereocenters. The van der Waals surface area contributed by atoms with Gasteiger partial charge >= 0.3 is 0 Å². The lowest BCUT2D eigenvalue weighted by Crippen LogP contribution is -2.32. The number of rotatable bonds is 4. The van der Waals surface area contributed by atoms with E-state index in [4.69, 9.17) is 11.6 Å².